The second-order valence-electron chi connectivity index (χ2n) is 2.98. The zero-order chi connectivity index (χ0) is 27.1. The van der Waals surface area contributed by atoms with Crippen LogP contribution in [0.5, 0.6) is 0 Å². The Labute approximate surface area is 230 Å². The number of rotatable bonds is 0. The maximum atomic E-state index is 7.57. The van der Waals surface area contributed by atoms with Crippen LogP contribution in [0.3, 0.4) is 0 Å². The molecule has 12 heteroatoms. The minimum Gasteiger partial charge on any atom is -0.428 e. The number of aliphatic hydroxyl groups is 10. The van der Waals surface area contributed by atoms with Crippen molar-refractivity contribution in [1.29, 1.82) is 0 Å². The first-order valence-electron chi connectivity index (χ1n) is 9.82. The third kappa shape index (κ3) is 24100. The van der Waals surface area contributed by atoms with Gasteiger partial charge in [-0.2, -0.15) is 0 Å². The predicted octanol–water partition coefficient (Wildman–Crippen LogP) is -0.391. The van der Waals surface area contributed by atoms with Gasteiger partial charge in [0.25, 0.3) is 0 Å². The van der Waals surface area contributed by atoms with E-state index in [1.165, 1.54) is 0 Å². The van der Waals surface area contributed by atoms with Crippen molar-refractivity contribution in [3.8, 4) is 0 Å². The average molecular weight is 821 g/mol. The number of hydrogen-bond donors (Lipinski definition) is 10. The Balaban J connectivity index is -0.0000000138. The van der Waals surface area contributed by atoms with Crippen molar-refractivity contribution in [2.45, 2.75) is 55.4 Å². The first-order chi connectivity index (χ1) is 14.1. The molecule has 0 saturated heterocycles. The summed E-state index contributed by atoms with van der Waals surface area (Å²) >= 11 is 0. The molecule has 0 aromatic carbocycles. The molecule has 32 heavy (non-hydrogen) atoms. The zero-order valence-electron chi connectivity index (χ0n) is 21.9. The standard InChI is InChI=1S/8C2H6O.2C2H5O.2Ta/c10*1-2-3;;/h8*3H,2H2,1H3;2*3H,1-2H2;;/q;;;;;;;;2*-1;;+2. The average Bonchev–Trinajstić information content (AvgIpc) is 2.61. The molecule has 0 unspecified atom stereocenters. The molecular formula is C20H58O10Ta2. The molecule has 10 N–H and O–H groups in total. The summed E-state index contributed by atoms with van der Waals surface area (Å²) in [5.74, 6) is 0. The maximum absolute atomic E-state index is 7.57. The van der Waals surface area contributed by atoms with E-state index in [2.05, 4.69) is 13.8 Å². The summed E-state index contributed by atoms with van der Waals surface area (Å²) < 4.78 is 0. The molecule has 0 saturated carbocycles. The topological polar surface area (TPSA) is 202 Å². The van der Waals surface area contributed by atoms with E-state index >= 15 is 0 Å². The van der Waals surface area contributed by atoms with E-state index in [-0.39, 0.29) is 111 Å². The van der Waals surface area contributed by atoms with Gasteiger partial charge in [-0.15, -0.1) is 0 Å². The fraction of sp³-hybridized carbons (Fsp3) is 0.900. The molecule has 2 radical (unpaired) electrons. The summed E-state index contributed by atoms with van der Waals surface area (Å²) in [6, 6.07) is 0. The monoisotopic (exact) mass is 820 g/mol. The van der Waals surface area contributed by atoms with Crippen molar-refractivity contribution in [3.05, 3.63) is 13.8 Å². The molecule has 0 aliphatic carbocycles. The first kappa shape index (κ1) is 76.6. The molecule has 0 heterocycles. The van der Waals surface area contributed by atoms with Gasteiger partial charge in [0.2, 0.25) is 0 Å². The van der Waals surface area contributed by atoms with Crippen LogP contribution < -0.4 is 0 Å². The van der Waals surface area contributed by atoms with E-state index in [0.717, 1.165) is 0 Å². The largest absolute Gasteiger partial charge is 2.00 e. The van der Waals surface area contributed by atoms with Crippen LogP contribution in [0.25, 0.3) is 0 Å². The Morgan fingerprint density at radius 1 is 0.344 bits per heavy atom. The Morgan fingerprint density at radius 3 is 0.344 bits per heavy atom. The third-order valence-corrected chi connectivity index (χ3v) is 0. The van der Waals surface area contributed by atoms with Crippen molar-refractivity contribution in [2.24, 2.45) is 0 Å². The number of hydrogen-bond acceptors (Lipinski definition) is 10. The molecule has 0 rings (SSSR count). The van der Waals surface area contributed by atoms with Gasteiger partial charge in [-0.3, -0.25) is 0 Å². The summed E-state index contributed by atoms with van der Waals surface area (Å²) in [5.41, 5.74) is 0. The van der Waals surface area contributed by atoms with Gasteiger partial charge in [0.15, 0.2) is 0 Å². The second kappa shape index (κ2) is 252. The van der Waals surface area contributed by atoms with Gasteiger partial charge >= 0.3 is 22.4 Å². The molecule has 0 aromatic heterocycles. The van der Waals surface area contributed by atoms with E-state index in [1.54, 1.807) is 55.4 Å². The van der Waals surface area contributed by atoms with Crippen LogP contribution in [0, 0.1) is 13.8 Å². The molecule has 10 nitrogen and oxygen atoms in total. The molecule has 0 aliphatic heterocycles. The van der Waals surface area contributed by atoms with Gasteiger partial charge in [-0.1, -0.05) is 13.2 Å². The van der Waals surface area contributed by atoms with E-state index in [0.29, 0.717) is 0 Å². The van der Waals surface area contributed by atoms with Crippen LogP contribution in [0.2, 0.25) is 0 Å². The molecule has 0 fully saturated rings. The normalized spacial score (nSPS) is 5.62. The van der Waals surface area contributed by atoms with Crippen LogP contribution in [-0.4, -0.2) is 117 Å². The maximum Gasteiger partial charge on any atom is 2.00 e. The Bertz CT molecular complexity index is 71.6. The summed E-state index contributed by atoms with van der Waals surface area (Å²) in [5, 5.41) is 75.5. The minimum atomic E-state index is 0. The van der Waals surface area contributed by atoms with E-state index < -0.39 is 0 Å². The summed E-state index contributed by atoms with van der Waals surface area (Å²) in [7, 11) is 0. The molecule has 0 spiro atoms. The Kier molecular flexibility index (Phi) is 604. The van der Waals surface area contributed by atoms with Gasteiger partial charge in [-0.05, 0) is 55.4 Å². The second-order valence-corrected chi connectivity index (χ2v) is 2.98. The van der Waals surface area contributed by atoms with Gasteiger partial charge < -0.3 is 64.9 Å². The van der Waals surface area contributed by atoms with E-state index in [4.69, 9.17) is 51.1 Å². The summed E-state index contributed by atoms with van der Waals surface area (Å²) in [6.07, 6.45) is 0. The van der Waals surface area contributed by atoms with Crippen molar-refractivity contribution >= 4 is 0 Å². The van der Waals surface area contributed by atoms with Gasteiger partial charge in [-0.25, -0.2) is 0 Å². The summed E-state index contributed by atoms with van der Waals surface area (Å²) in [4.78, 5) is 0. The molecule has 208 valence electrons. The van der Waals surface area contributed by atoms with Crippen LogP contribution in [0.1, 0.15) is 55.4 Å². The van der Waals surface area contributed by atoms with Gasteiger partial charge in [0.1, 0.15) is 0 Å². The van der Waals surface area contributed by atoms with Crippen LogP contribution in [-0.2, 0) is 44.8 Å². The molecule has 0 amide bonds. The Hall–Kier alpha value is 1.08. The van der Waals surface area contributed by atoms with Gasteiger partial charge in [0, 0.05) is 75.2 Å². The fourth-order valence-corrected chi connectivity index (χ4v) is 0. The van der Waals surface area contributed by atoms with E-state index in [1.807, 2.05) is 0 Å². The predicted molar refractivity (Wildman–Crippen MR) is 127 cm³/mol. The Morgan fingerprint density at radius 2 is 0.344 bits per heavy atom. The van der Waals surface area contributed by atoms with Crippen molar-refractivity contribution in [3.63, 3.8) is 0 Å². The third-order valence-electron chi connectivity index (χ3n) is 0. The SMILES string of the molecule is CCO.CCO.CCO.CCO.CCO.CCO.CCO.CCO.[CH2-]CO.[CH2-]CO.[Ta+2].[Ta]. The van der Waals surface area contributed by atoms with Crippen LogP contribution in [0.15, 0.2) is 0 Å². The molecular weight excluding hydrogens is 762 g/mol. The smallest absolute Gasteiger partial charge is 0.428 e. The fourth-order valence-electron chi connectivity index (χ4n) is 0. The van der Waals surface area contributed by atoms with Crippen LogP contribution in [0.4, 0.5) is 0 Å². The van der Waals surface area contributed by atoms with Crippen molar-refractivity contribution in [2.75, 3.05) is 66.1 Å². The summed E-state index contributed by atoms with van der Waals surface area (Å²) in [6.45, 7) is 21.5. The number of aliphatic hydroxyl groups excluding tert-OH is 10. The van der Waals surface area contributed by atoms with E-state index in [9.17, 15) is 0 Å². The first-order valence-corrected chi connectivity index (χ1v) is 9.82. The van der Waals surface area contributed by atoms with Crippen molar-refractivity contribution in [1.82, 2.24) is 0 Å². The van der Waals surface area contributed by atoms with Crippen molar-refractivity contribution < 1.29 is 95.8 Å². The quantitative estimate of drug-likeness (QED) is 0.144. The zero-order valence-corrected chi connectivity index (χ0v) is 28.3. The molecule has 0 atom stereocenters. The molecule has 0 bridgehead atoms. The van der Waals surface area contributed by atoms with Crippen LogP contribution >= 0.6 is 0 Å². The molecule has 0 aliphatic rings. The van der Waals surface area contributed by atoms with Gasteiger partial charge in [0.05, 0.1) is 0 Å². The minimum absolute atomic E-state index is 0. The molecule has 0 aromatic rings.